The van der Waals surface area contributed by atoms with Crippen LogP contribution in [0.15, 0.2) is 30.5 Å². The fraction of sp³-hybridized carbons (Fsp3) is 0.524. The second-order valence-corrected chi connectivity index (χ2v) is 7.71. The zero-order valence-corrected chi connectivity index (χ0v) is 16.5. The molecule has 1 atom stereocenters. The maximum atomic E-state index is 5.66. The molecule has 2 fully saturated rings. The van der Waals surface area contributed by atoms with Gasteiger partial charge in [-0.2, -0.15) is 4.98 Å². The van der Waals surface area contributed by atoms with Crippen LogP contribution in [-0.2, 0) is 11.3 Å². The van der Waals surface area contributed by atoms with E-state index in [2.05, 4.69) is 32.2 Å². The summed E-state index contributed by atoms with van der Waals surface area (Å²) in [5.41, 5.74) is 1.25. The number of ether oxygens (including phenoxy) is 3. The summed E-state index contributed by atoms with van der Waals surface area (Å²) in [6.45, 7) is 6.77. The van der Waals surface area contributed by atoms with Gasteiger partial charge in [-0.25, -0.2) is 4.98 Å². The van der Waals surface area contributed by atoms with Crippen LogP contribution in [0.1, 0.15) is 18.4 Å². The number of nitrogens with one attached hydrogen (secondary N) is 1. The molecule has 0 amide bonds. The van der Waals surface area contributed by atoms with E-state index < -0.39 is 0 Å². The lowest BCUT2D eigenvalue weighted by Crippen LogP contribution is -2.46. The summed E-state index contributed by atoms with van der Waals surface area (Å²) in [7, 11) is 0. The van der Waals surface area contributed by atoms with Crippen molar-refractivity contribution in [2.45, 2.75) is 25.5 Å². The molecule has 0 saturated carbocycles. The van der Waals surface area contributed by atoms with E-state index in [9.17, 15) is 0 Å². The molecule has 5 rings (SSSR count). The number of aromatic nitrogens is 2. The molecule has 1 N–H and O–H groups in total. The van der Waals surface area contributed by atoms with Gasteiger partial charge < -0.3 is 24.4 Å². The lowest BCUT2D eigenvalue weighted by atomic mass is 10.1. The Labute approximate surface area is 170 Å². The molecule has 0 spiro atoms. The van der Waals surface area contributed by atoms with Crippen LogP contribution in [0.25, 0.3) is 0 Å². The largest absolute Gasteiger partial charge is 0.454 e. The van der Waals surface area contributed by atoms with Gasteiger partial charge in [0, 0.05) is 52.1 Å². The summed E-state index contributed by atoms with van der Waals surface area (Å²) in [4.78, 5) is 13.9. The topological polar surface area (TPSA) is 72.0 Å². The molecule has 8 heteroatoms. The van der Waals surface area contributed by atoms with E-state index in [0.717, 1.165) is 76.0 Å². The Morgan fingerprint density at radius 1 is 1.07 bits per heavy atom. The number of hydrogen-bond acceptors (Lipinski definition) is 8. The van der Waals surface area contributed by atoms with Crippen molar-refractivity contribution in [2.75, 3.05) is 56.3 Å². The maximum Gasteiger partial charge on any atom is 0.231 e. The lowest BCUT2D eigenvalue weighted by Gasteiger charge is -2.35. The first kappa shape index (κ1) is 18.4. The zero-order chi connectivity index (χ0) is 19.5. The van der Waals surface area contributed by atoms with Gasteiger partial charge in [0.05, 0.1) is 6.10 Å². The van der Waals surface area contributed by atoms with E-state index >= 15 is 0 Å². The molecule has 0 bridgehead atoms. The first-order chi connectivity index (χ1) is 14.3. The van der Waals surface area contributed by atoms with Gasteiger partial charge in [0.15, 0.2) is 11.5 Å². The molecule has 1 unspecified atom stereocenters. The van der Waals surface area contributed by atoms with E-state index in [1.807, 2.05) is 18.3 Å². The number of hydrogen-bond donors (Lipinski definition) is 1. The Bertz CT molecular complexity index is 835. The second kappa shape index (κ2) is 8.42. The third-order valence-electron chi connectivity index (χ3n) is 5.69. The quantitative estimate of drug-likeness (QED) is 0.795. The number of rotatable bonds is 6. The van der Waals surface area contributed by atoms with Crippen LogP contribution in [0.4, 0.5) is 11.8 Å². The van der Waals surface area contributed by atoms with Crippen molar-refractivity contribution >= 4 is 11.8 Å². The van der Waals surface area contributed by atoms with Crippen molar-refractivity contribution in [1.29, 1.82) is 0 Å². The molecular formula is C21H27N5O3. The number of anilines is 2. The highest BCUT2D eigenvalue weighted by Gasteiger charge is 2.20. The Morgan fingerprint density at radius 3 is 2.83 bits per heavy atom. The van der Waals surface area contributed by atoms with E-state index in [-0.39, 0.29) is 6.10 Å². The Kier molecular flexibility index (Phi) is 5.36. The summed E-state index contributed by atoms with van der Waals surface area (Å²) >= 11 is 0. The molecule has 2 saturated heterocycles. The third-order valence-corrected chi connectivity index (χ3v) is 5.69. The Balaban J connectivity index is 1.14. The van der Waals surface area contributed by atoms with Crippen LogP contribution in [0.5, 0.6) is 11.5 Å². The van der Waals surface area contributed by atoms with Crippen molar-refractivity contribution in [3.05, 3.63) is 36.0 Å². The van der Waals surface area contributed by atoms with Crippen molar-refractivity contribution < 1.29 is 14.2 Å². The van der Waals surface area contributed by atoms with E-state index in [0.29, 0.717) is 12.7 Å². The highest BCUT2D eigenvalue weighted by Crippen LogP contribution is 2.33. The SMILES string of the molecule is c1cc(N2CCN(Cc3ccc4c(c3)OCO4)CC2)nc(NCC2CCCO2)n1. The molecule has 3 aliphatic rings. The van der Waals surface area contributed by atoms with Crippen LogP contribution >= 0.6 is 0 Å². The molecule has 154 valence electrons. The van der Waals surface area contributed by atoms with Gasteiger partial charge in [-0.05, 0) is 36.6 Å². The number of fused-ring (bicyclic) bond motifs is 1. The lowest BCUT2D eigenvalue weighted by molar-refractivity contribution is 0.120. The molecule has 0 aliphatic carbocycles. The average Bonchev–Trinajstić information content (AvgIpc) is 3.45. The molecular weight excluding hydrogens is 370 g/mol. The van der Waals surface area contributed by atoms with Gasteiger partial charge in [-0.3, -0.25) is 4.90 Å². The minimum absolute atomic E-state index is 0.280. The monoisotopic (exact) mass is 397 g/mol. The molecule has 1 aromatic carbocycles. The van der Waals surface area contributed by atoms with Crippen molar-refractivity contribution in [1.82, 2.24) is 14.9 Å². The highest BCUT2D eigenvalue weighted by molar-refractivity contribution is 5.45. The van der Waals surface area contributed by atoms with Gasteiger partial charge in [0.2, 0.25) is 12.7 Å². The van der Waals surface area contributed by atoms with Crippen LogP contribution < -0.4 is 19.7 Å². The first-order valence-electron chi connectivity index (χ1n) is 10.4. The van der Waals surface area contributed by atoms with Gasteiger partial charge in [0.1, 0.15) is 5.82 Å². The van der Waals surface area contributed by atoms with E-state index in [4.69, 9.17) is 19.2 Å². The smallest absolute Gasteiger partial charge is 0.231 e. The van der Waals surface area contributed by atoms with Crippen LogP contribution in [0.2, 0.25) is 0 Å². The van der Waals surface area contributed by atoms with Crippen molar-refractivity contribution in [3.8, 4) is 11.5 Å². The van der Waals surface area contributed by atoms with Crippen LogP contribution in [0, 0.1) is 0 Å². The first-order valence-corrected chi connectivity index (χ1v) is 10.4. The normalized spacial score (nSPS) is 21.5. The molecule has 2 aromatic rings. The summed E-state index contributed by atoms with van der Waals surface area (Å²) in [6, 6.07) is 8.20. The number of benzene rings is 1. The van der Waals surface area contributed by atoms with Crippen LogP contribution in [-0.4, -0.2) is 67.1 Å². The van der Waals surface area contributed by atoms with Gasteiger partial charge >= 0.3 is 0 Å². The minimum atomic E-state index is 0.280. The predicted molar refractivity (Wildman–Crippen MR) is 110 cm³/mol. The van der Waals surface area contributed by atoms with E-state index in [1.165, 1.54) is 5.56 Å². The summed E-state index contributed by atoms with van der Waals surface area (Å²) in [5, 5.41) is 3.32. The van der Waals surface area contributed by atoms with Gasteiger partial charge in [-0.15, -0.1) is 0 Å². The summed E-state index contributed by atoms with van der Waals surface area (Å²) in [6.07, 6.45) is 4.36. The second-order valence-electron chi connectivity index (χ2n) is 7.71. The maximum absolute atomic E-state index is 5.66. The highest BCUT2D eigenvalue weighted by atomic mass is 16.7. The molecule has 8 nitrogen and oxygen atoms in total. The fourth-order valence-electron chi connectivity index (χ4n) is 4.05. The predicted octanol–water partition coefficient (Wildman–Crippen LogP) is 2.12. The Morgan fingerprint density at radius 2 is 1.97 bits per heavy atom. The molecule has 29 heavy (non-hydrogen) atoms. The molecule has 4 heterocycles. The van der Waals surface area contributed by atoms with Crippen LogP contribution in [0.3, 0.4) is 0 Å². The van der Waals surface area contributed by atoms with Crippen molar-refractivity contribution in [3.63, 3.8) is 0 Å². The van der Waals surface area contributed by atoms with Crippen molar-refractivity contribution in [2.24, 2.45) is 0 Å². The van der Waals surface area contributed by atoms with Gasteiger partial charge in [0.25, 0.3) is 0 Å². The summed E-state index contributed by atoms with van der Waals surface area (Å²) < 4.78 is 16.5. The molecule has 0 radical (unpaired) electrons. The molecule has 1 aromatic heterocycles. The Hall–Kier alpha value is -2.58. The fourth-order valence-corrected chi connectivity index (χ4v) is 4.05. The summed E-state index contributed by atoms with van der Waals surface area (Å²) in [5.74, 6) is 3.36. The molecule has 3 aliphatic heterocycles. The van der Waals surface area contributed by atoms with Gasteiger partial charge in [-0.1, -0.05) is 6.07 Å². The number of nitrogens with zero attached hydrogens (tertiary/aromatic N) is 4. The standard InChI is InChI=1S/C21H27N5O3/c1-2-17(27-11-1)13-23-21-22-6-5-20(24-21)26-9-7-25(8-10-26)14-16-3-4-18-19(12-16)29-15-28-18/h3-6,12,17H,1-2,7-11,13-15H2,(H,22,23,24). The zero-order valence-electron chi connectivity index (χ0n) is 16.5. The number of piperazine rings is 1. The average molecular weight is 397 g/mol. The minimum Gasteiger partial charge on any atom is -0.454 e. The third kappa shape index (κ3) is 4.38. The van der Waals surface area contributed by atoms with E-state index in [1.54, 1.807) is 0 Å².